The van der Waals surface area contributed by atoms with Gasteiger partial charge in [0.1, 0.15) is 23.8 Å². The van der Waals surface area contributed by atoms with E-state index < -0.39 is 52.7 Å². The number of allylic oxidation sites excluding steroid dienone is 7. The molecule has 3 aliphatic rings. The lowest BCUT2D eigenvalue weighted by molar-refractivity contribution is -0.437. The fourth-order valence-corrected chi connectivity index (χ4v) is 11.3. The maximum atomic E-state index is 13.1. The van der Waals surface area contributed by atoms with Gasteiger partial charge in [0, 0.05) is 59.6 Å². The van der Waals surface area contributed by atoms with Gasteiger partial charge in [-0.1, -0.05) is 55.8 Å². The van der Waals surface area contributed by atoms with Crippen LogP contribution >= 0.6 is 12.6 Å². The van der Waals surface area contributed by atoms with Gasteiger partial charge in [-0.05, 0) is 125 Å². The number of rotatable bonds is 21. The van der Waals surface area contributed by atoms with Gasteiger partial charge in [0.15, 0.2) is 5.71 Å². The first-order valence-corrected chi connectivity index (χ1v) is 27.5. The molecular weight excluding hydrogens is 921 g/mol. The smallest absolute Gasteiger partial charge is 0.294 e. The Morgan fingerprint density at radius 3 is 2.23 bits per heavy atom. The van der Waals surface area contributed by atoms with Crippen molar-refractivity contribution in [2.45, 2.75) is 113 Å². The summed E-state index contributed by atoms with van der Waals surface area (Å²) >= 11 is 4.56. The van der Waals surface area contributed by atoms with Crippen molar-refractivity contribution in [3.63, 3.8) is 0 Å². The third-order valence-corrected chi connectivity index (χ3v) is 15.7. The van der Waals surface area contributed by atoms with Crippen LogP contribution in [0, 0.1) is 0 Å². The van der Waals surface area contributed by atoms with Gasteiger partial charge in [0.2, 0.25) is 5.69 Å². The van der Waals surface area contributed by atoms with Gasteiger partial charge in [-0.3, -0.25) is 13.9 Å². The molecule has 2 atom stereocenters. The van der Waals surface area contributed by atoms with E-state index in [0.717, 1.165) is 57.9 Å². The fraction of sp³-hybridized carbons (Fsp3) is 0.429. The number of hydrogen-bond acceptors (Lipinski definition) is 11. The molecule has 13 nitrogen and oxygen atoms in total. The summed E-state index contributed by atoms with van der Waals surface area (Å²) in [7, 11) is -13.1. The molecule has 0 aromatic heterocycles. The Morgan fingerprint density at radius 2 is 1.56 bits per heavy atom. The molecule has 2 N–H and O–H groups in total. The molecule has 66 heavy (non-hydrogen) atoms. The van der Waals surface area contributed by atoms with Crippen molar-refractivity contribution in [1.29, 1.82) is 0 Å². The third-order valence-electron chi connectivity index (χ3n) is 12.7. The number of nitrogens with zero attached hydrogens (tertiary/aromatic N) is 2. The Balaban J connectivity index is 1.47. The molecule has 0 radical (unpaired) electrons. The number of ether oxygens (including phenoxy) is 1. The van der Waals surface area contributed by atoms with Crippen LogP contribution in [-0.4, -0.2) is 84.8 Å². The van der Waals surface area contributed by atoms with Gasteiger partial charge < -0.3 is 14.2 Å². The number of para-hydroxylation sites is 2. The van der Waals surface area contributed by atoms with Crippen LogP contribution in [-0.2, 0) is 46.0 Å². The monoisotopic (exact) mass is 980 g/mol. The Hall–Kier alpha value is -4.36. The van der Waals surface area contributed by atoms with E-state index in [-0.39, 0.29) is 35.3 Å². The van der Waals surface area contributed by atoms with Gasteiger partial charge in [-0.25, -0.2) is 8.42 Å². The standard InChI is InChI=1S/C49H60N2O11S4/c1-5-14-44(63)43(52)21-11-30-49(4)40-18-7-9-20-42(40)51(32-13-34-65(56,57)58)46(49)29-23-36-16-10-15-35(47(36)62-37-24-26-38(27-25-37)66(59,60)61)22-28-45-48(2,3)39-17-6-8-19-41(39)50(45)31-12-33-64(53,54)55/h6-9,17-20,22-29,44H,5,10-16,21,30-34H2,1-4H3,(H3-,53,54,55,56,57,58,59,60,61,63). The molecule has 0 fully saturated rings. The van der Waals surface area contributed by atoms with Gasteiger partial charge in [-0.2, -0.15) is 34.0 Å². The van der Waals surface area contributed by atoms with Gasteiger partial charge in [0.25, 0.3) is 20.2 Å². The highest BCUT2D eigenvalue weighted by molar-refractivity contribution is 7.86. The molecule has 1 aliphatic carbocycles. The largest absolute Gasteiger partial charge is 0.748 e. The number of Topliss-reactive ketones (excluding diaryl/α,β-unsaturated/α-hetero) is 1. The maximum Gasteiger partial charge on any atom is 0.294 e. The van der Waals surface area contributed by atoms with Crippen molar-refractivity contribution in [2.75, 3.05) is 29.5 Å². The Morgan fingerprint density at radius 1 is 0.879 bits per heavy atom. The van der Waals surface area contributed by atoms with Crippen molar-refractivity contribution in [3.8, 4) is 5.75 Å². The van der Waals surface area contributed by atoms with Crippen LogP contribution in [0.25, 0.3) is 0 Å². The minimum absolute atomic E-state index is 0.0913. The van der Waals surface area contributed by atoms with E-state index in [1.54, 1.807) is 0 Å². The first kappa shape index (κ1) is 51.0. The second-order valence-corrected chi connectivity index (χ2v) is 23.0. The molecular formula is C49H60N2O11S4. The molecule has 0 bridgehead atoms. The zero-order valence-corrected chi connectivity index (χ0v) is 41.2. The lowest BCUT2D eigenvalue weighted by Gasteiger charge is -2.31. The molecule has 0 spiro atoms. The van der Waals surface area contributed by atoms with Crippen molar-refractivity contribution in [1.82, 2.24) is 0 Å². The Bertz CT molecular complexity index is 2810. The molecule has 2 unspecified atom stereocenters. The summed E-state index contributed by atoms with van der Waals surface area (Å²) in [4.78, 5) is 14.9. The first-order chi connectivity index (χ1) is 31.0. The first-order valence-electron chi connectivity index (χ1n) is 22.3. The summed E-state index contributed by atoms with van der Waals surface area (Å²) in [5, 5.41) is -0.335. The molecule has 0 amide bonds. The van der Waals surface area contributed by atoms with Gasteiger partial charge >= 0.3 is 0 Å². The van der Waals surface area contributed by atoms with Crippen molar-refractivity contribution in [2.24, 2.45) is 0 Å². The molecule has 356 valence electrons. The minimum Gasteiger partial charge on any atom is -0.748 e. The third kappa shape index (κ3) is 12.2. The lowest BCUT2D eigenvalue weighted by atomic mass is 9.76. The van der Waals surface area contributed by atoms with E-state index in [4.69, 9.17) is 4.74 Å². The zero-order valence-electron chi connectivity index (χ0n) is 37.8. The second-order valence-electron chi connectivity index (χ2n) is 17.9. The number of thiol groups is 1. The average Bonchev–Trinajstić information content (AvgIpc) is 3.60. The van der Waals surface area contributed by atoms with Crippen LogP contribution in [0.1, 0.15) is 103 Å². The van der Waals surface area contributed by atoms with Gasteiger partial charge in [0.05, 0.1) is 31.4 Å². The maximum absolute atomic E-state index is 13.1. The molecule has 0 saturated heterocycles. The van der Waals surface area contributed by atoms with E-state index in [0.29, 0.717) is 56.6 Å². The molecule has 0 saturated carbocycles. The van der Waals surface area contributed by atoms with Crippen LogP contribution in [0.3, 0.4) is 0 Å². The summed E-state index contributed by atoms with van der Waals surface area (Å²) in [6.45, 7) is 8.92. The topological polar surface area (TPSA) is 198 Å². The molecule has 17 heteroatoms. The number of ketones is 1. The summed E-state index contributed by atoms with van der Waals surface area (Å²) in [6, 6.07) is 21.3. The fourth-order valence-electron chi connectivity index (χ4n) is 9.43. The van der Waals surface area contributed by atoms with Crippen LogP contribution in [0.15, 0.2) is 125 Å². The minimum atomic E-state index is -4.47. The quantitative estimate of drug-likeness (QED) is 0.0521. The summed E-state index contributed by atoms with van der Waals surface area (Å²) in [5.41, 5.74) is 6.23. The number of fused-ring (bicyclic) bond motifs is 2. The van der Waals surface area contributed by atoms with Crippen molar-refractivity contribution in [3.05, 3.63) is 131 Å². The molecule has 6 rings (SSSR count). The number of hydrogen-bond donors (Lipinski definition) is 3. The molecule has 2 aliphatic heterocycles. The van der Waals surface area contributed by atoms with E-state index in [2.05, 4.69) is 48.9 Å². The van der Waals surface area contributed by atoms with E-state index in [9.17, 15) is 43.7 Å². The number of carbonyl (C=O) groups excluding carboxylic acids is 1. The average molecular weight is 981 g/mol. The van der Waals surface area contributed by atoms with E-state index in [1.807, 2.05) is 73.7 Å². The van der Waals surface area contributed by atoms with Crippen LogP contribution in [0.5, 0.6) is 5.75 Å². The highest BCUT2D eigenvalue weighted by Gasteiger charge is 2.45. The van der Waals surface area contributed by atoms with Crippen molar-refractivity contribution < 1.29 is 53.0 Å². The molecule has 3 aromatic carbocycles. The van der Waals surface area contributed by atoms with Crippen molar-refractivity contribution >= 4 is 65.9 Å². The lowest BCUT2D eigenvalue weighted by Crippen LogP contribution is -2.30. The normalized spacial score (nSPS) is 20.4. The zero-order chi connectivity index (χ0) is 48.1. The second kappa shape index (κ2) is 20.9. The summed E-state index contributed by atoms with van der Waals surface area (Å²) < 4.78 is 111. The summed E-state index contributed by atoms with van der Waals surface area (Å²) in [5.74, 6) is 0.0267. The number of benzene rings is 3. The number of carbonyl (C=O) groups is 1. The van der Waals surface area contributed by atoms with Crippen LogP contribution in [0.4, 0.5) is 11.4 Å². The predicted octanol–water partition coefficient (Wildman–Crippen LogP) is 9.02. The molecule has 2 heterocycles. The van der Waals surface area contributed by atoms with Gasteiger partial charge in [-0.15, -0.1) is 0 Å². The van der Waals surface area contributed by atoms with Crippen LogP contribution in [0.2, 0.25) is 0 Å². The predicted molar refractivity (Wildman–Crippen MR) is 260 cm³/mol. The highest BCUT2D eigenvalue weighted by Crippen LogP contribution is 2.51. The van der Waals surface area contributed by atoms with E-state index >= 15 is 0 Å². The Labute approximate surface area is 395 Å². The summed E-state index contributed by atoms with van der Waals surface area (Å²) in [6.07, 6.45) is 13.3. The highest BCUT2D eigenvalue weighted by atomic mass is 32.2. The SMILES string of the molecule is CCCC(S)C(=O)CCCC1(C)/C(=C\C=C2/CCCC(/C=C/C3=[N+](CCCS(=O)(=O)[O-])c4ccccc4C3(C)C)=C2Oc2ccc(S(=O)(=O)O)cc2)N(CCCS(=O)(=O)O)c2ccccc21. The van der Waals surface area contributed by atoms with Crippen LogP contribution < -0.4 is 9.64 Å². The Kier molecular flexibility index (Phi) is 16.1. The number of anilines is 1. The van der Waals surface area contributed by atoms with E-state index in [1.165, 1.54) is 24.3 Å². The molecule has 3 aromatic rings.